The highest BCUT2D eigenvalue weighted by molar-refractivity contribution is 9.10. The molecule has 0 aliphatic heterocycles. The Hall–Kier alpha value is -3.77. The summed E-state index contributed by atoms with van der Waals surface area (Å²) in [5.41, 5.74) is 3.47. The number of halogens is 1. The number of methoxy groups -OCH3 is 1. The summed E-state index contributed by atoms with van der Waals surface area (Å²) >= 11 is 3.27. The van der Waals surface area contributed by atoms with E-state index in [0.29, 0.717) is 5.56 Å². The summed E-state index contributed by atoms with van der Waals surface area (Å²) in [7, 11) is -2.77. The van der Waals surface area contributed by atoms with Gasteiger partial charge in [-0.1, -0.05) is 23.8 Å². The Morgan fingerprint density at radius 1 is 1.15 bits per heavy atom. The topological polar surface area (TPSA) is 137 Å². The van der Waals surface area contributed by atoms with Gasteiger partial charge in [-0.2, -0.15) is 13.5 Å². The lowest BCUT2D eigenvalue weighted by atomic mass is 10.2. The van der Waals surface area contributed by atoms with Gasteiger partial charge in [0.05, 0.1) is 22.7 Å². The molecule has 1 amide bonds. The third kappa shape index (κ3) is 5.97. The zero-order chi connectivity index (χ0) is 24.9. The van der Waals surface area contributed by atoms with E-state index >= 15 is 0 Å². The molecule has 3 aromatic carbocycles. The van der Waals surface area contributed by atoms with Crippen molar-refractivity contribution >= 4 is 43.9 Å². The number of carbonyl (C=O) groups is 1. The zero-order valence-electron chi connectivity index (χ0n) is 17.9. The Morgan fingerprint density at radius 2 is 1.85 bits per heavy atom. The first kappa shape index (κ1) is 24.9. The molecule has 0 atom stereocenters. The predicted molar refractivity (Wildman–Crippen MR) is 128 cm³/mol. The van der Waals surface area contributed by atoms with Gasteiger partial charge in [0.15, 0.2) is 11.5 Å². The van der Waals surface area contributed by atoms with Gasteiger partial charge in [-0.15, -0.1) is 0 Å². The van der Waals surface area contributed by atoms with E-state index in [1.165, 1.54) is 55.8 Å². The second kappa shape index (κ2) is 10.4. The molecule has 3 aromatic rings. The van der Waals surface area contributed by atoms with E-state index in [2.05, 4.69) is 26.5 Å². The molecule has 0 spiro atoms. The fourth-order valence-electron chi connectivity index (χ4n) is 2.75. The molecule has 1 N–H and O–H groups in total. The first-order chi connectivity index (χ1) is 16.1. The number of nitrogens with one attached hydrogen (secondary N) is 1. The number of ether oxygens (including phenoxy) is 1. The van der Waals surface area contributed by atoms with Crippen LogP contribution in [0.4, 0.5) is 5.69 Å². The average molecular weight is 548 g/mol. The van der Waals surface area contributed by atoms with Crippen molar-refractivity contribution in [1.82, 2.24) is 5.43 Å². The van der Waals surface area contributed by atoms with E-state index in [9.17, 15) is 23.3 Å². The van der Waals surface area contributed by atoms with Gasteiger partial charge in [0.25, 0.3) is 11.6 Å². The molecule has 0 radical (unpaired) electrons. The van der Waals surface area contributed by atoms with Crippen molar-refractivity contribution in [2.75, 3.05) is 7.11 Å². The van der Waals surface area contributed by atoms with Crippen LogP contribution in [0.5, 0.6) is 11.5 Å². The molecule has 0 fully saturated rings. The first-order valence-electron chi connectivity index (χ1n) is 9.57. The zero-order valence-corrected chi connectivity index (χ0v) is 20.3. The van der Waals surface area contributed by atoms with Crippen molar-refractivity contribution in [3.05, 3.63) is 91.9 Å². The minimum Gasteiger partial charge on any atom is -0.493 e. The maximum Gasteiger partial charge on any atom is 0.339 e. The summed E-state index contributed by atoms with van der Waals surface area (Å²) in [5, 5.41) is 14.7. The van der Waals surface area contributed by atoms with E-state index < -0.39 is 20.9 Å². The van der Waals surface area contributed by atoms with Crippen LogP contribution in [-0.2, 0) is 10.1 Å². The predicted octanol–water partition coefficient (Wildman–Crippen LogP) is 4.21. The minimum atomic E-state index is -4.12. The number of rotatable bonds is 8. The molecule has 34 heavy (non-hydrogen) atoms. The van der Waals surface area contributed by atoms with Crippen molar-refractivity contribution in [3.8, 4) is 11.5 Å². The number of carbonyl (C=O) groups excluding carboxylic acids is 1. The number of hydrogen-bond acceptors (Lipinski definition) is 8. The second-order valence-corrected chi connectivity index (χ2v) is 9.29. The summed E-state index contributed by atoms with van der Waals surface area (Å²) in [5.74, 6) is -0.590. The maximum atomic E-state index is 12.7. The molecule has 10 nitrogen and oxygen atoms in total. The van der Waals surface area contributed by atoms with Crippen LogP contribution in [0, 0.1) is 17.0 Å². The quantitative estimate of drug-likeness (QED) is 0.193. The molecule has 0 heterocycles. The fraction of sp³-hybridized carbons (Fsp3) is 0.0909. The summed E-state index contributed by atoms with van der Waals surface area (Å²) in [4.78, 5) is 22.4. The van der Waals surface area contributed by atoms with Gasteiger partial charge in [0, 0.05) is 17.7 Å². The number of non-ortho nitro benzene ring substituents is 1. The SMILES string of the molecule is COc1cc(/C=N\NC(=O)c2cccc([N+](=O)[O-])c2)cc(Br)c1OS(=O)(=O)c1ccc(C)cc1. The molecule has 0 saturated carbocycles. The molecule has 12 heteroatoms. The van der Waals surface area contributed by atoms with Gasteiger partial charge in [-0.25, -0.2) is 5.43 Å². The number of hydrazone groups is 1. The lowest BCUT2D eigenvalue weighted by Crippen LogP contribution is -2.17. The molecule has 0 saturated heterocycles. The average Bonchev–Trinajstić information content (AvgIpc) is 2.80. The summed E-state index contributed by atoms with van der Waals surface area (Å²) in [6.07, 6.45) is 1.29. The lowest BCUT2D eigenvalue weighted by molar-refractivity contribution is -0.384. The van der Waals surface area contributed by atoms with Crippen LogP contribution >= 0.6 is 15.9 Å². The van der Waals surface area contributed by atoms with Gasteiger partial charge in [0.2, 0.25) is 0 Å². The van der Waals surface area contributed by atoms with Crippen molar-refractivity contribution in [2.24, 2.45) is 5.10 Å². The van der Waals surface area contributed by atoms with Gasteiger partial charge >= 0.3 is 10.1 Å². The highest BCUT2D eigenvalue weighted by Crippen LogP contribution is 2.38. The van der Waals surface area contributed by atoms with Crippen molar-refractivity contribution in [2.45, 2.75) is 11.8 Å². The Labute approximate surface area is 203 Å². The van der Waals surface area contributed by atoms with Crippen LogP contribution < -0.4 is 14.3 Å². The Morgan fingerprint density at radius 3 is 2.50 bits per heavy atom. The molecule has 0 aliphatic rings. The third-order valence-corrected chi connectivity index (χ3v) is 6.28. The van der Waals surface area contributed by atoms with Crippen LogP contribution in [0.15, 0.2) is 75.1 Å². The van der Waals surface area contributed by atoms with E-state index in [0.717, 1.165) is 11.6 Å². The molecular formula is C22H18BrN3O7S. The Kier molecular flexibility index (Phi) is 7.64. The number of hydrogen-bond donors (Lipinski definition) is 1. The lowest BCUT2D eigenvalue weighted by Gasteiger charge is -2.13. The summed E-state index contributed by atoms with van der Waals surface area (Å²) < 4.78 is 36.1. The monoisotopic (exact) mass is 547 g/mol. The molecular weight excluding hydrogens is 530 g/mol. The molecule has 0 aromatic heterocycles. The minimum absolute atomic E-state index is 0.0125. The fourth-order valence-corrected chi connectivity index (χ4v) is 4.35. The van der Waals surface area contributed by atoms with Crippen molar-refractivity contribution in [3.63, 3.8) is 0 Å². The molecule has 0 bridgehead atoms. The van der Waals surface area contributed by atoms with Crippen LogP contribution in [-0.4, -0.2) is 32.6 Å². The largest absolute Gasteiger partial charge is 0.493 e. The number of nitro benzene ring substituents is 1. The number of amides is 1. The van der Waals surface area contributed by atoms with E-state index in [1.54, 1.807) is 12.1 Å². The molecule has 176 valence electrons. The molecule has 0 aliphatic carbocycles. The molecule has 3 rings (SSSR count). The normalized spacial score (nSPS) is 11.3. The molecule has 0 unspecified atom stereocenters. The van der Waals surface area contributed by atoms with Gasteiger partial charge < -0.3 is 8.92 Å². The Bertz CT molecular complexity index is 1370. The van der Waals surface area contributed by atoms with Crippen LogP contribution in [0.2, 0.25) is 0 Å². The van der Waals surface area contributed by atoms with Gasteiger partial charge in [0.1, 0.15) is 4.90 Å². The highest BCUT2D eigenvalue weighted by Gasteiger charge is 2.22. The standard InChI is InChI=1S/C22H18BrN3O7S/c1-14-6-8-18(9-7-14)34(30,31)33-21-19(23)10-15(11-20(21)32-2)13-24-25-22(27)16-4-3-5-17(12-16)26(28)29/h3-13H,1-2H3,(H,25,27)/b24-13-. The van der Waals surface area contributed by atoms with Gasteiger partial charge in [-0.3, -0.25) is 14.9 Å². The number of nitro groups is 1. The number of aryl methyl sites for hydroxylation is 1. The number of benzene rings is 3. The maximum absolute atomic E-state index is 12.7. The summed E-state index contributed by atoms with van der Waals surface area (Å²) in [6.45, 7) is 1.84. The highest BCUT2D eigenvalue weighted by atomic mass is 79.9. The third-order valence-electron chi connectivity index (χ3n) is 4.45. The van der Waals surface area contributed by atoms with Crippen LogP contribution in [0.1, 0.15) is 21.5 Å². The van der Waals surface area contributed by atoms with E-state index in [1.807, 2.05) is 6.92 Å². The van der Waals surface area contributed by atoms with Crippen LogP contribution in [0.25, 0.3) is 0 Å². The van der Waals surface area contributed by atoms with E-state index in [4.69, 9.17) is 8.92 Å². The number of nitrogens with zero attached hydrogens (tertiary/aromatic N) is 2. The summed E-state index contributed by atoms with van der Waals surface area (Å²) in [6, 6.07) is 14.4. The van der Waals surface area contributed by atoms with Crippen molar-refractivity contribution in [1.29, 1.82) is 0 Å². The smallest absolute Gasteiger partial charge is 0.339 e. The van der Waals surface area contributed by atoms with Gasteiger partial charge in [-0.05, 0) is 58.7 Å². The second-order valence-electron chi connectivity index (χ2n) is 6.89. The van der Waals surface area contributed by atoms with E-state index in [-0.39, 0.29) is 32.1 Å². The van der Waals surface area contributed by atoms with Crippen molar-refractivity contribution < 1.29 is 27.1 Å². The Balaban J connectivity index is 1.78. The first-order valence-corrected chi connectivity index (χ1v) is 11.8. The van der Waals surface area contributed by atoms with Crippen LogP contribution in [0.3, 0.4) is 0 Å².